The highest BCUT2D eigenvalue weighted by Gasteiger charge is 2.09. The van der Waals surface area contributed by atoms with Crippen LogP contribution in [0.2, 0.25) is 0 Å². The van der Waals surface area contributed by atoms with E-state index in [-0.39, 0.29) is 22.9 Å². The zero-order valence-corrected chi connectivity index (χ0v) is 25.6. The number of ether oxygens (including phenoxy) is 1. The summed E-state index contributed by atoms with van der Waals surface area (Å²) in [5, 5.41) is 3.00. The Labute approximate surface area is 244 Å². The number of nitrogens with zero attached hydrogens (tertiary/aromatic N) is 1. The van der Waals surface area contributed by atoms with E-state index in [4.69, 9.17) is 4.74 Å². The van der Waals surface area contributed by atoms with E-state index in [1.54, 1.807) is 11.3 Å². The van der Waals surface area contributed by atoms with E-state index in [1.165, 1.54) is 81.1 Å². The Hall–Kier alpha value is -2.18. The summed E-state index contributed by atoms with van der Waals surface area (Å²) in [6.07, 6.45) is 18.1. The molecule has 0 bridgehead atoms. The number of rotatable bonds is 18. The molecule has 1 aromatic heterocycles. The van der Waals surface area contributed by atoms with Gasteiger partial charge in [0.25, 0.3) is 5.91 Å². The molecular formula is C32H45BrN2O2S. The number of nitrogens with one attached hydrogen (secondary N) is 1. The normalized spacial score (nSPS) is 10.7. The Kier molecular flexibility index (Phi) is 16.0. The van der Waals surface area contributed by atoms with Gasteiger partial charge < -0.3 is 27.0 Å². The maximum Gasteiger partial charge on any atom is 0.255 e. The van der Waals surface area contributed by atoms with Crippen molar-refractivity contribution in [3.05, 3.63) is 76.2 Å². The van der Waals surface area contributed by atoms with E-state index in [0.717, 1.165) is 24.4 Å². The number of halogens is 1. The van der Waals surface area contributed by atoms with Gasteiger partial charge in [-0.1, -0.05) is 107 Å². The summed E-state index contributed by atoms with van der Waals surface area (Å²) in [5.74, 6) is 0.639. The molecule has 208 valence electrons. The van der Waals surface area contributed by atoms with Gasteiger partial charge in [0, 0.05) is 16.8 Å². The molecule has 0 spiro atoms. The Morgan fingerprint density at radius 2 is 1.50 bits per heavy atom. The van der Waals surface area contributed by atoms with E-state index in [0.29, 0.717) is 12.2 Å². The molecule has 0 atom stereocenters. The third-order valence-corrected chi connectivity index (χ3v) is 7.51. The lowest BCUT2D eigenvalue weighted by molar-refractivity contribution is -0.683. The van der Waals surface area contributed by atoms with Crippen LogP contribution in [0.3, 0.4) is 0 Å². The van der Waals surface area contributed by atoms with Crippen LogP contribution in [0.4, 0.5) is 5.69 Å². The summed E-state index contributed by atoms with van der Waals surface area (Å²) < 4.78 is 8.11. The fraction of sp³-hybridized carbons (Fsp3) is 0.500. The topological polar surface area (TPSA) is 42.2 Å². The summed E-state index contributed by atoms with van der Waals surface area (Å²) >= 11 is 1.74. The fourth-order valence-electron chi connectivity index (χ4n) is 4.50. The van der Waals surface area contributed by atoms with Crippen molar-refractivity contribution >= 4 is 22.9 Å². The van der Waals surface area contributed by atoms with Crippen LogP contribution in [0.25, 0.3) is 0 Å². The molecule has 3 rings (SSSR count). The molecule has 0 saturated carbocycles. The maximum atomic E-state index is 12.8. The predicted octanol–water partition coefficient (Wildman–Crippen LogP) is 5.73. The van der Waals surface area contributed by atoms with Crippen LogP contribution in [0.5, 0.6) is 5.75 Å². The van der Waals surface area contributed by atoms with E-state index < -0.39 is 0 Å². The molecule has 1 N–H and O–H groups in total. The third kappa shape index (κ3) is 12.6. The van der Waals surface area contributed by atoms with Gasteiger partial charge in [-0.2, -0.15) is 4.57 Å². The summed E-state index contributed by atoms with van der Waals surface area (Å²) in [5.41, 5.74) is 4.73. The maximum absolute atomic E-state index is 12.8. The van der Waals surface area contributed by atoms with E-state index in [1.807, 2.05) is 36.4 Å². The van der Waals surface area contributed by atoms with E-state index >= 15 is 0 Å². The quantitative estimate of drug-likeness (QED) is 0.150. The lowest BCUT2D eigenvalue weighted by Gasteiger charge is -2.09. The molecular weight excluding hydrogens is 556 g/mol. The van der Waals surface area contributed by atoms with Gasteiger partial charge in [-0.25, -0.2) is 0 Å². The predicted molar refractivity (Wildman–Crippen MR) is 156 cm³/mol. The summed E-state index contributed by atoms with van der Waals surface area (Å²) in [6.45, 7) is 5.91. The molecule has 1 heterocycles. The number of carbonyl (C=O) groups excluding carboxylic acids is 1. The van der Waals surface area contributed by atoms with Gasteiger partial charge in [-0.15, -0.1) is 0 Å². The van der Waals surface area contributed by atoms with Gasteiger partial charge in [-0.05, 0) is 43.7 Å². The van der Waals surface area contributed by atoms with Gasteiger partial charge in [0.15, 0.2) is 12.7 Å². The lowest BCUT2D eigenvalue weighted by atomic mass is 10.1. The second kappa shape index (κ2) is 19.0. The van der Waals surface area contributed by atoms with Crippen LogP contribution in [0.1, 0.15) is 105 Å². The van der Waals surface area contributed by atoms with Crippen molar-refractivity contribution in [1.29, 1.82) is 0 Å². The van der Waals surface area contributed by atoms with Crippen LogP contribution in [0.15, 0.2) is 60.2 Å². The van der Waals surface area contributed by atoms with Gasteiger partial charge in [-0.3, -0.25) is 4.79 Å². The molecule has 1 amide bonds. The van der Waals surface area contributed by atoms with Crippen LogP contribution in [-0.4, -0.2) is 12.5 Å². The molecule has 6 heteroatoms. The molecule has 0 aliphatic rings. The van der Waals surface area contributed by atoms with Crippen molar-refractivity contribution in [2.45, 2.75) is 97.4 Å². The number of thiazole rings is 1. The number of carbonyl (C=O) groups is 1. The molecule has 0 saturated heterocycles. The van der Waals surface area contributed by atoms with Gasteiger partial charge in [0.05, 0.1) is 11.5 Å². The molecule has 0 aliphatic carbocycles. The number of hydrogen-bond donors (Lipinski definition) is 1. The molecule has 0 fully saturated rings. The summed E-state index contributed by atoms with van der Waals surface area (Å²) in [7, 11) is 0. The number of aromatic nitrogens is 1. The molecule has 0 radical (unpaired) electrons. The Balaban J connectivity index is 0.00000507. The highest BCUT2D eigenvalue weighted by molar-refractivity contribution is 7.09. The smallest absolute Gasteiger partial charge is 0.255 e. The number of benzene rings is 2. The molecule has 0 aliphatic heterocycles. The first-order valence-electron chi connectivity index (χ1n) is 14.2. The van der Waals surface area contributed by atoms with Crippen molar-refractivity contribution in [2.75, 3.05) is 11.9 Å². The molecule has 3 aromatic rings. The monoisotopic (exact) mass is 600 g/mol. The largest absolute Gasteiger partial charge is 1.00 e. The van der Waals surface area contributed by atoms with Gasteiger partial charge in [0.2, 0.25) is 5.51 Å². The Morgan fingerprint density at radius 1 is 0.868 bits per heavy atom. The minimum Gasteiger partial charge on any atom is -1.00 e. The average molecular weight is 602 g/mol. The minimum atomic E-state index is -0.119. The van der Waals surface area contributed by atoms with Crippen LogP contribution in [-0.2, 0) is 6.54 Å². The second-order valence-electron chi connectivity index (χ2n) is 10.1. The number of unbranched alkanes of at least 4 members (excludes halogenated alkanes) is 11. The van der Waals surface area contributed by atoms with Gasteiger partial charge >= 0.3 is 0 Å². The summed E-state index contributed by atoms with van der Waals surface area (Å²) in [4.78, 5) is 14.1. The highest BCUT2D eigenvalue weighted by Crippen LogP contribution is 2.17. The first kappa shape index (κ1) is 32.0. The average Bonchev–Trinajstić information content (AvgIpc) is 3.32. The molecule has 2 aromatic carbocycles. The third-order valence-electron chi connectivity index (χ3n) is 6.66. The van der Waals surface area contributed by atoms with Gasteiger partial charge in [0.1, 0.15) is 5.75 Å². The molecule has 4 nitrogen and oxygen atoms in total. The highest BCUT2D eigenvalue weighted by atomic mass is 79.9. The molecule has 38 heavy (non-hydrogen) atoms. The van der Waals surface area contributed by atoms with E-state index in [2.05, 4.69) is 47.6 Å². The number of amides is 1. The summed E-state index contributed by atoms with van der Waals surface area (Å²) in [6, 6.07) is 15.5. The second-order valence-corrected chi connectivity index (χ2v) is 11.1. The van der Waals surface area contributed by atoms with Crippen molar-refractivity contribution in [3.63, 3.8) is 0 Å². The number of aryl methyl sites for hydroxylation is 1. The van der Waals surface area contributed by atoms with Crippen LogP contribution < -0.4 is 31.6 Å². The fourth-order valence-corrected chi connectivity index (χ4v) is 5.13. The minimum absolute atomic E-state index is 0. The standard InChI is InChI=1S/C32H44N2O2S.BrH/c1-3-4-5-6-7-8-9-10-11-12-13-14-22-36-31-17-15-16-29(23-31)32(35)33-30-20-18-28(19-21-30)25-34-24-27(2)37-26-34;/h15-21,23-24,26H,3-14,22,25H2,1-2H3;1H. The van der Waals surface area contributed by atoms with Crippen molar-refractivity contribution in [3.8, 4) is 5.75 Å². The van der Waals surface area contributed by atoms with Crippen LogP contribution in [0, 0.1) is 6.92 Å². The number of hydrogen-bond acceptors (Lipinski definition) is 3. The zero-order valence-electron chi connectivity index (χ0n) is 23.2. The lowest BCUT2D eigenvalue weighted by Crippen LogP contribution is -3.00. The first-order valence-corrected chi connectivity index (χ1v) is 15.1. The van der Waals surface area contributed by atoms with Crippen molar-refractivity contribution in [1.82, 2.24) is 0 Å². The van der Waals surface area contributed by atoms with Crippen molar-refractivity contribution < 1.29 is 31.1 Å². The SMILES string of the molecule is CCCCCCCCCCCCCCOc1cccc(C(=O)Nc2ccc(C[n+]3csc(C)c3)cc2)c1.[Br-]. The Morgan fingerprint density at radius 3 is 2.11 bits per heavy atom. The van der Waals surface area contributed by atoms with E-state index in [9.17, 15) is 4.79 Å². The number of anilines is 1. The molecule has 0 unspecified atom stereocenters. The van der Waals surface area contributed by atoms with Crippen LogP contribution >= 0.6 is 11.3 Å². The zero-order chi connectivity index (χ0) is 26.1. The first-order chi connectivity index (χ1) is 18.1. The van der Waals surface area contributed by atoms with Crippen molar-refractivity contribution in [2.24, 2.45) is 0 Å². The Bertz CT molecular complexity index is 1050.